The lowest BCUT2D eigenvalue weighted by atomic mass is 9.89. The molecule has 6 heteroatoms. The van der Waals surface area contributed by atoms with Crippen molar-refractivity contribution < 1.29 is 9.53 Å². The van der Waals surface area contributed by atoms with E-state index in [0.717, 1.165) is 31.9 Å². The molecule has 1 aromatic rings. The molecule has 6 nitrogen and oxygen atoms in total. The molecule has 0 bridgehead atoms. The van der Waals surface area contributed by atoms with Gasteiger partial charge in [-0.15, -0.1) is 0 Å². The van der Waals surface area contributed by atoms with Gasteiger partial charge in [0.1, 0.15) is 0 Å². The summed E-state index contributed by atoms with van der Waals surface area (Å²) in [4.78, 5) is 22.9. The van der Waals surface area contributed by atoms with E-state index in [4.69, 9.17) is 4.74 Å². The maximum Gasteiger partial charge on any atom is 0.310 e. The van der Waals surface area contributed by atoms with Crippen LogP contribution in [-0.2, 0) is 9.53 Å². The number of nitrogens with one attached hydrogen (secondary N) is 1. The molecule has 0 aromatic carbocycles. The average molecular weight is 361 g/mol. The number of hydrogen-bond acceptors (Lipinski definition) is 4. The van der Waals surface area contributed by atoms with Gasteiger partial charge in [0.25, 0.3) is 0 Å². The number of ether oxygens (including phenoxy) is 1. The first-order valence-electron chi connectivity index (χ1n) is 9.59. The third kappa shape index (κ3) is 5.44. The third-order valence-corrected chi connectivity index (χ3v) is 4.95. The second-order valence-corrected chi connectivity index (χ2v) is 7.10. The highest BCUT2D eigenvalue weighted by atomic mass is 16.5. The topological polar surface area (TPSA) is 66.8 Å². The van der Waals surface area contributed by atoms with E-state index in [-0.39, 0.29) is 11.9 Å². The number of aliphatic imine (C=N–C) groups is 1. The van der Waals surface area contributed by atoms with Gasteiger partial charge in [-0.2, -0.15) is 0 Å². The van der Waals surface area contributed by atoms with Gasteiger partial charge in [-0.3, -0.25) is 14.8 Å². The molecule has 1 saturated heterocycles. The average Bonchev–Trinajstić information content (AvgIpc) is 2.66. The van der Waals surface area contributed by atoms with Gasteiger partial charge in [0.05, 0.1) is 12.5 Å². The minimum Gasteiger partial charge on any atom is -0.466 e. The zero-order valence-corrected chi connectivity index (χ0v) is 16.4. The molecule has 0 amide bonds. The van der Waals surface area contributed by atoms with Gasteiger partial charge in [0.2, 0.25) is 0 Å². The van der Waals surface area contributed by atoms with Crippen molar-refractivity contribution in [3.63, 3.8) is 0 Å². The Morgan fingerprint density at radius 3 is 2.92 bits per heavy atom. The summed E-state index contributed by atoms with van der Waals surface area (Å²) in [6.07, 6.45) is 5.60. The van der Waals surface area contributed by atoms with Crippen LogP contribution in [0.2, 0.25) is 0 Å². The second-order valence-electron chi connectivity index (χ2n) is 7.10. The molecule has 1 aliphatic heterocycles. The van der Waals surface area contributed by atoms with Gasteiger partial charge in [0, 0.05) is 45.0 Å². The molecule has 1 aromatic heterocycles. The fraction of sp³-hybridized carbons (Fsp3) is 0.650. The van der Waals surface area contributed by atoms with E-state index < -0.39 is 0 Å². The molecule has 2 rings (SSSR count). The fourth-order valence-electron chi connectivity index (χ4n) is 3.49. The van der Waals surface area contributed by atoms with Crippen molar-refractivity contribution in [1.82, 2.24) is 15.2 Å². The number of nitrogens with zero attached hydrogens (tertiary/aromatic N) is 3. The standard InChI is InChI=1S/C20H32N4O2/c1-5-26-19(25)17-9-7-11-24(14-17)20(21-4)23-13-18(15(2)3)16-8-6-10-22-12-16/h6,8,10,12,15,17-18H,5,7,9,11,13-14H2,1-4H3,(H,21,23)/t17-,18?/m1/s1. The van der Waals surface area contributed by atoms with Gasteiger partial charge in [-0.05, 0) is 37.3 Å². The zero-order valence-electron chi connectivity index (χ0n) is 16.4. The van der Waals surface area contributed by atoms with Crippen LogP contribution in [0, 0.1) is 11.8 Å². The molecule has 144 valence electrons. The molecule has 0 spiro atoms. The summed E-state index contributed by atoms with van der Waals surface area (Å²) in [5.41, 5.74) is 1.23. The van der Waals surface area contributed by atoms with Gasteiger partial charge < -0.3 is 15.0 Å². The number of hydrogen-bond donors (Lipinski definition) is 1. The van der Waals surface area contributed by atoms with Crippen molar-refractivity contribution in [2.24, 2.45) is 16.8 Å². The Hall–Kier alpha value is -2.11. The van der Waals surface area contributed by atoms with E-state index in [1.165, 1.54) is 5.56 Å². The van der Waals surface area contributed by atoms with Crippen molar-refractivity contribution in [1.29, 1.82) is 0 Å². The zero-order chi connectivity index (χ0) is 18.9. The van der Waals surface area contributed by atoms with Crippen molar-refractivity contribution in [3.8, 4) is 0 Å². The lowest BCUT2D eigenvalue weighted by Gasteiger charge is -2.34. The number of rotatable bonds is 6. The summed E-state index contributed by atoms with van der Waals surface area (Å²) < 4.78 is 5.20. The predicted molar refractivity (Wildman–Crippen MR) is 104 cm³/mol. The number of carbonyl (C=O) groups excluding carboxylic acids is 1. The maximum atomic E-state index is 12.1. The Labute approximate surface area is 157 Å². The Bertz CT molecular complexity index is 589. The van der Waals surface area contributed by atoms with Crippen LogP contribution in [-0.4, -0.2) is 55.1 Å². The van der Waals surface area contributed by atoms with E-state index >= 15 is 0 Å². The van der Waals surface area contributed by atoms with Crippen LogP contribution in [0.5, 0.6) is 0 Å². The number of likely N-dealkylation sites (tertiary alicyclic amines) is 1. The summed E-state index contributed by atoms with van der Waals surface area (Å²) >= 11 is 0. The van der Waals surface area contributed by atoms with Crippen molar-refractivity contribution in [3.05, 3.63) is 30.1 Å². The Morgan fingerprint density at radius 1 is 1.50 bits per heavy atom. The highest BCUT2D eigenvalue weighted by molar-refractivity contribution is 5.81. The lowest BCUT2D eigenvalue weighted by molar-refractivity contribution is -0.149. The van der Waals surface area contributed by atoms with E-state index in [1.807, 2.05) is 19.2 Å². The molecular formula is C20H32N4O2. The smallest absolute Gasteiger partial charge is 0.310 e. The minimum atomic E-state index is -0.0944. The Kier molecular flexibility index (Phi) is 7.88. The van der Waals surface area contributed by atoms with Crippen molar-refractivity contribution in [2.45, 2.75) is 39.5 Å². The molecular weight excluding hydrogens is 328 g/mol. The fourth-order valence-corrected chi connectivity index (χ4v) is 3.49. The molecule has 0 aliphatic carbocycles. The van der Waals surface area contributed by atoms with Gasteiger partial charge in [0.15, 0.2) is 5.96 Å². The molecule has 0 saturated carbocycles. The lowest BCUT2D eigenvalue weighted by Crippen LogP contribution is -2.49. The highest BCUT2D eigenvalue weighted by Gasteiger charge is 2.28. The Morgan fingerprint density at radius 2 is 2.31 bits per heavy atom. The second kappa shape index (κ2) is 10.1. The van der Waals surface area contributed by atoms with Gasteiger partial charge in [-0.25, -0.2) is 0 Å². The monoisotopic (exact) mass is 360 g/mol. The molecule has 1 aliphatic rings. The van der Waals surface area contributed by atoms with E-state index in [9.17, 15) is 4.79 Å². The van der Waals surface area contributed by atoms with E-state index in [1.54, 1.807) is 13.2 Å². The van der Waals surface area contributed by atoms with E-state index in [2.05, 4.69) is 40.1 Å². The van der Waals surface area contributed by atoms with Crippen LogP contribution in [0.3, 0.4) is 0 Å². The molecule has 26 heavy (non-hydrogen) atoms. The normalized spacial score (nSPS) is 19.3. The number of piperidine rings is 1. The number of esters is 1. The number of aromatic nitrogens is 1. The molecule has 1 N–H and O–H groups in total. The van der Waals surface area contributed by atoms with Gasteiger partial charge in [-0.1, -0.05) is 19.9 Å². The van der Waals surface area contributed by atoms with Crippen LogP contribution in [0.4, 0.5) is 0 Å². The number of carbonyl (C=O) groups is 1. The summed E-state index contributed by atoms with van der Waals surface area (Å²) in [5, 5.41) is 3.51. The molecule has 1 unspecified atom stereocenters. The Balaban J connectivity index is 1.98. The molecule has 2 atom stereocenters. The largest absolute Gasteiger partial charge is 0.466 e. The number of guanidine groups is 1. The van der Waals surface area contributed by atoms with Crippen LogP contribution in [0.15, 0.2) is 29.5 Å². The van der Waals surface area contributed by atoms with Crippen LogP contribution in [0.25, 0.3) is 0 Å². The highest BCUT2D eigenvalue weighted by Crippen LogP contribution is 2.23. The quantitative estimate of drug-likeness (QED) is 0.480. The summed E-state index contributed by atoms with van der Waals surface area (Å²) in [7, 11) is 1.80. The summed E-state index contributed by atoms with van der Waals surface area (Å²) in [6.45, 7) is 9.09. The van der Waals surface area contributed by atoms with Gasteiger partial charge >= 0.3 is 5.97 Å². The third-order valence-electron chi connectivity index (χ3n) is 4.95. The first-order valence-corrected chi connectivity index (χ1v) is 9.59. The molecule has 2 heterocycles. The SMILES string of the molecule is CCOC(=O)[C@@H]1CCCN(C(=NC)NCC(c2cccnc2)C(C)C)C1. The van der Waals surface area contributed by atoms with E-state index in [0.29, 0.717) is 25.0 Å². The number of pyridine rings is 1. The van der Waals surface area contributed by atoms with Crippen LogP contribution < -0.4 is 5.32 Å². The maximum absolute atomic E-state index is 12.1. The predicted octanol–water partition coefficient (Wildman–Crippen LogP) is 2.67. The first-order chi connectivity index (χ1) is 12.6. The molecule has 1 fully saturated rings. The summed E-state index contributed by atoms with van der Waals surface area (Å²) in [6, 6.07) is 4.11. The first kappa shape index (κ1) is 20.2. The van der Waals surface area contributed by atoms with Crippen molar-refractivity contribution in [2.75, 3.05) is 33.3 Å². The minimum absolute atomic E-state index is 0.0681. The molecule has 0 radical (unpaired) electrons. The van der Waals surface area contributed by atoms with Crippen LogP contribution >= 0.6 is 0 Å². The summed E-state index contributed by atoms with van der Waals surface area (Å²) in [5.74, 6) is 1.53. The van der Waals surface area contributed by atoms with Crippen molar-refractivity contribution >= 4 is 11.9 Å². The van der Waals surface area contributed by atoms with Crippen LogP contribution in [0.1, 0.15) is 45.1 Å².